The molecule has 1 N–H and O–H groups in total. The highest BCUT2D eigenvalue weighted by atomic mass is 16.1. The van der Waals surface area contributed by atoms with Crippen molar-refractivity contribution in [1.29, 1.82) is 0 Å². The minimum Gasteiger partial charge on any atom is -0.320 e. The standard InChI is InChI=1S/C8H9NO/c1-2-8(10)9-7-5-3-4-6-7/h3-5H,2H2,1H3,(H,9,10). The van der Waals surface area contributed by atoms with Crippen LogP contribution in [-0.2, 0) is 4.79 Å². The van der Waals surface area contributed by atoms with Crippen molar-refractivity contribution in [3.8, 4) is 0 Å². The number of hydrogen-bond acceptors (Lipinski definition) is 1. The van der Waals surface area contributed by atoms with Crippen LogP contribution in [0.1, 0.15) is 13.3 Å². The molecule has 0 spiro atoms. The van der Waals surface area contributed by atoms with Crippen molar-refractivity contribution in [3.05, 3.63) is 29.7 Å². The van der Waals surface area contributed by atoms with E-state index in [1.54, 1.807) is 6.08 Å². The highest BCUT2D eigenvalue weighted by Crippen LogP contribution is 1.96. The zero-order valence-corrected chi connectivity index (χ0v) is 5.85. The van der Waals surface area contributed by atoms with E-state index in [2.05, 4.69) is 11.0 Å². The van der Waals surface area contributed by atoms with E-state index in [1.165, 1.54) is 0 Å². The van der Waals surface area contributed by atoms with Crippen LogP contribution in [0.3, 0.4) is 0 Å². The molecule has 1 aliphatic rings. The molecule has 1 amide bonds. The lowest BCUT2D eigenvalue weighted by molar-refractivity contribution is -0.119. The molecule has 52 valence electrons. The first-order valence-corrected chi connectivity index (χ1v) is 3.26. The van der Waals surface area contributed by atoms with Crippen molar-refractivity contribution in [2.45, 2.75) is 13.3 Å². The van der Waals surface area contributed by atoms with Crippen molar-refractivity contribution in [1.82, 2.24) is 5.32 Å². The maximum Gasteiger partial charge on any atom is 0.224 e. The Bertz CT molecular complexity index is 232. The summed E-state index contributed by atoms with van der Waals surface area (Å²) in [6, 6.07) is 0. The molecule has 0 atom stereocenters. The van der Waals surface area contributed by atoms with Crippen LogP contribution in [-0.4, -0.2) is 5.91 Å². The van der Waals surface area contributed by atoms with E-state index in [1.807, 2.05) is 19.1 Å². The Balaban J connectivity index is 2.47. The summed E-state index contributed by atoms with van der Waals surface area (Å²) in [5.74, 6) is 0.0300. The maximum atomic E-state index is 10.7. The molecular weight excluding hydrogens is 126 g/mol. The second-order valence-corrected chi connectivity index (χ2v) is 1.99. The van der Waals surface area contributed by atoms with E-state index in [0.29, 0.717) is 6.42 Å². The molecule has 10 heavy (non-hydrogen) atoms. The van der Waals surface area contributed by atoms with Crippen LogP contribution in [0.25, 0.3) is 0 Å². The highest BCUT2D eigenvalue weighted by Gasteiger charge is 1.98. The molecule has 0 bridgehead atoms. The third-order valence-electron chi connectivity index (χ3n) is 1.19. The summed E-state index contributed by atoms with van der Waals surface area (Å²) in [7, 11) is 0. The predicted molar refractivity (Wildman–Crippen MR) is 39.2 cm³/mol. The van der Waals surface area contributed by atoms with Gasteiger partial charge in [-0.2, -0.15) is 0 Å². The van der Waals surface area contributed by atoms with Crippen molar-refractivity contribution in [2.75, 3.05) is 0 Å². The summed E-state index contributed by atoms with van der Waals surface area (Å²) >= 11 is 0. The van der Waals surface area contributed by atoms with Gasteiger partial charge in [0.25, 0.3) is 0 Å². The normalized spacial score (nSPS) is 13.5. The third-order valence-corrected chi connectivity index (χ3v) is 1.19. The number of nitrogens with one attached hydrogen (secondary N) is 1. The van der Waals surface area contributed by atoms with Crippen molar-refractivity contribution in [2.24, 2.45) is 0 Å². The van der Waals surface area contributed by atoms with Crippen LogP contribution in [0.5, 0.6) is 0 Å². The van der Waals surface area contributed by atoms with Crippen LogP contribution < -0.4 is 5.32 Å². The van der Waals surface area contributed by atoms with Gasteiger partial charge < -0.3 is 5.32 Å². The molecule has 0 aromatic heterocycles. The Hall–Kier alpha value is -1.27. The lowest BCUT2D eigenvalue weighted by Crippen LogP contribution is -2.19. The van der Waals surface area contributed by atoms with Crippen LogP contribution in [0.2, 0.25) is 0 Å². The molecule has 1 aliphatic carbocycles. The number of rotatable bonds is 2. The van der Waals surface area contributed by atoms with Gasteiger partial charge in [-0.25, -0.2) is 0 Å². The second kappa shape index (κ2) is 3.04. The van der Waals surface area contributed by atoms with E-state index in [-0.39, 0.29) is 5.91 Å². The summed E-state index contributed by atoms with van der Waals surface area (Å²) in [6.45, 7) is 1.82. The molecular formula is C8H9NO. The molecule has 0 aromatic carbocycles. The summed E-state index contributed by atoms with van der Waals surface area (Å²) < 4.78 is 0. The average Bonchev–Trinajstić information content (AvgIpc) is 2.40. The lowest BCUT2D eigenvalue weighted by Gasteiger charge is -1.97. The minimum atomic E-state index is 0.0300. The predicted octanol–water partition coefficient (Wildman–Crippen LogP) is 1.12. The van der Waals surface area contributed by atoms with E-state index < -0.39 is 0 Å². The zero-order valence-electron chi connectivity index (χ0n) is 5.85. The van der Waals surface area contributed by atoms with E-state index in [4.69, 9.17) is 0 Å². The Kier molecular flexibility index (Phi) is 2.08. The number of carbonyl (C=O) groups excluding carboxylic acids is 1. The second-order valence-electron chi connectivity index (χ2n) is 1.99. The molecule has 0 radical (unpaired) electrons. The molecule has 0 heterocycles. The van der Waals surface area contributed by atoms with Gasteiger partial charge in [-0.15, -0.1) is 0 Å². The first-order chi connectivity index (χ1) is 4.83. The van der Waals surface area contributed by atoms with Crippen molar-refractivity contribution < 1.29 is 4.79 Å². The Morgan fingerprint density at radius 1 is 1.80 bits per heavy atom. The Morgan fingerprint density at radius 3 is 3.10 bits per heavy atom. The molecule has 0 saturated heterocycles. The first-order valence-electron chi connectivity index (χ1n) is 3.26. The van der Waals surface area contributed by atoms with Gasteiger partial charge in [-0.1, -0.05) is 18.7 Å². The fraction of sp³-hybridized carbons (Fsp3) is 0.250. The molecule has 2 nitrogen and oxygen atoms in total. The van der Waals surface area contributed by atoms with Gasteiger partial charge in [0.1, 0.15) is 0 Å². The van der Waals surface area contributed by atoms with Crippen LogP contribution >= 0.6 is 0 Å². The average molecular weight is 135 g/mol. The molecule has 1 rings (SSSR count). The van der Waals surface area contributed by atoms with Gasteiger partial charge >= 0.3 is 0 Å². The number of hydrogen-bond donors (Lipinski definition) is 1. The van der Waals surface area contributed by atoms with Crippen LogP contribution in [0.15, 0.2) is 29.7 Å². The minimum absolute atomic E-state index is 0.0300. The fourth-order valence-electron chi connectivity index (χ4n) is 0.647. The molecule has 0 aromatic rings. The fourth-order valence-corrected chi connectivity index (χ4v) is 0.647. The monoisotopic (exact) mass is 135 g/mol. The maximum absolute atomic E-state index is 10.7. The number of allylic oxidation sites excluding steroid dienone is 2. The van der Waals surface area contributed by atoms with E-state index in [0.717, 1.165) is 5.70 Å². The van der Waals surface area contributed by atoms with Gasteiger partial charge in [0.2, 0.25) is 5.91 Å². The van der Waals surface area contributed by atoms with Gasteiger partial charge in [-0.05, 0) is 12.2 Å². The molecule has 0 saturated carbocycles. The van der Waals surface area contributed by atoms with Gasteiger partial charge in [0, 0.05) is 6.42 Å². The summed E-state index contributed by atoms with van der Waals surface area (Å²) in [5.41, 5.74) is 3.63. The molecule has 0 aliphatic heterocycles. The van der Waals surface area contributed by atoms with Crippen molar-refractivity contribution >= 4 is 5.91 Å². The van der Waals surface area contributed by atoms with E-state index in [9.17, 15) is 4.79 Å². The number of amides is 1. The quantitative estimate of drug-likeness (QED) is 0.565. The summed E-state index contributed by atoms with van der Waals surface area (Å²) in [5, 5.41) is 2.68. The van der Waals surface area contributed by atoms with Gasteiger partial charge in [0.05, 0.1) is 5.70 Å². The third kappa shape index (κ3) is 1.61. The highest BCUT2D eigenvalue weighted by molar-refractivity contribution is 5.78. The zero-order chi connectivity index (χ0) is 7.40. The lowest BCUT2D eigenvalue weighted by atomic mass is 10.4. The Morgan fingerprint density at radius 2 is 2.60 bits per heavy atom. The van der Waals surface area contributed by atoms with E-state index >= 15 is 0 Å². The summed E-state index contributed by atoms with van der Waals surface area (Å²) in [4.78, 5) is 10.7. The smallest absolute Gasteiger partial charge is 0.224 e. The largest absolute Gasteiger partial charge is 0.320 e. The first kappa shape index (κ1) is 6.84. The van der Waals surface area contributed by atoms with Gasteiger partial charge in [0.15, 0.2) is 0 Å². The van der Waals surface area contributed by atoms with Gasteiger partial charge in [-0.3, -0.25) is 4.79 Å². The topological polar surface area (TPSA) is 29.1 Å². The number of carbonyl (C=O) groups is 1. The SMILES string of the molecule is CCC(=O)NC1=C=CC=C1. The summed E-state index contributed by atoms with van der Waals surface area (Å²) in [6.07, 6.45) is 5.93. The van der Waals surface area contributed by atoms with Crippen LogP contribution in [0, 0.1) is 0 Å². The van der Waals surface area contributed by atoms with Crippen molar-refractivity contribution in [3.63, 3.8) is 0 Å². The Labute approximate surface area is 59.9 Å². The van der Waals surface area contributed by atoms with Crippen LogP contribution in [0.4, 0.5) is 0 Å². The molecule has 0 fully saturated rings. The molecule has 0 unspecified atom stereocenters. The molecule has 2 heteroatoms.